The molecule has 0 radical (unpaired) electrons. The van der Waals surface area contributed by atoms with Crippen molar-refractivity contribution in [2.75, 3.05) is 7.11 Å². The van der Waals surface area contributed by atoms with E-state index in [9.17, 15) is 4.79 Å². The number of hydrogen-bond donors (Lipinski definition) is 2. The minimum Gasteiger partial charge on any atom is -0.497 e. The van der Waals surface area contributed by atoms with E-state index in [1.165, 1.54) is 23.1 Å². The Labute approximate surface area is 169 Å². The first-order chi connectivity index (χ1) is 14.2. The molecular weight excluding hydrogens is 362 g/mol. The molecule has 1 amide bonds. The number of nitrogens with zero attached hydrogens (tertiary/aromatic N) is 1. The number of hydrogen-bond acceptors (Lipinski definition) is 3. The van der Waals surface area contributed by atoms with Crippen LogP contribution in [0.5, 0.6) is 5.75 Å². The summed E-state index contributed by atoms with van der Waals surface area (Å²) in [7, 11) is 1.67. The number of amides is 1. The number of rotatable bonds is 2. The number of fused-ring (bicyclic) bond motifs is 5. The number of carbonyl (C=O) groups excluding carboxylic acids is 1. The number of benzene rings is 1. The van der Waals surface area contributed by atoms with Crippen LogP contribution in [0.4, 0.5) is 0 Å². The zero-order valence-electron chi connectivity index (χ0n) is 16.5. The van der Waals surface area contributed by atoms with Gasteiger partial charge in [-0.25, -0.2) is 0 Å². The Morgan fingerprint density at radius 2 is 1.97 bits per heavy atom. The average molecular weight is 385 g/mol. The molecule has 1 aromatic carbocycles. The van der Waals surface area contributed by atoms with Gasteiger partial charge in [0.05, 0.1) is 24.1 Å². The lowest BCUT2D eigenvalue weighted by Gasteiger charge is -2.45. The number of H-pyrrole nitrogens is 1. The predicted octanol–water partition coefficient (Wildman–Crippen LogP) is 4.06. The third-order valence-electron chi connectivity index (χ3n) is 6.90. The highest BCUT2D eigenvalue weighted by Gasteiger charge is 2.45. The number of aryl methyl sites for hydroxylation is 1. The summed E-state index contributed by atoms with van der Waals surface area (Å²) in [5.41, 5.74) is 8.71. The van der Waals surface area contributed by atoms with Crippen molar-refractivity contribution in [1.29, 1.82) is 0 Å². The van der Waals surface area contributed by atoms with Crippen LogP contribution in [0.3, 0.4) is 0 Å². The lowest BCUT2D eigenvalue weighted by molar-refractivity contribution is 0.0793. The molecule has 0 unspecified atom stereocenters. The van der Waals surface area contributed by atoms with Crippen molar-refractivity contribution in [2.24, 2.45) is 0 Å². The first kappa shape index (κ1) is 16.8. The molecule has 1 saturated carbocycles. The number of methoxy groups -OCH3 is 1. The van der Waals surface area contributed by atoms with Crippen molar-refractivity contribution in [3.8, 4) is 28.3 Å². The second-order valence-electron chi connectivity index (χ2n) is 8.55. The fourth-order valence-electron chi connectivity index (χ4n) is 5.17. The third kappa shape index (κ3) is 2.46. The Hall–Kier alpha value is -3.08. The summed E-state index contributed by atoms with van der Waals surface area (Å²) >= 11 is 0. The summed E-state index contributed by atoms with van der Waals surface area (Å²) in [6.45, 7) is 0. The number of aromatic nitrogens is 2. The van der Waals surface area contributed by atoms with Gasteiger partial charge in [0.1, 0.15) is 5.75 Å². The Kier molecular flexibility index (Phi) is 3.46. The Bertz CT molecular complexity index is 1140. The monoisotopic (exact) mass is 385 g/mol. The molecule has 146 valence electrons. The second kappa shape index (κ2) is 5.96. The number of aromatic amines is 1. The van der Waals surface area contributed by atoms with E-state index < -0.39 is 0 Å². The van der Waals surface area contributed by atoms with Gasteiger partial charge in [-0.3, -0.25) is 9.78 Å². The molecule has 3 heterocycles. The maximum Gasteiger partial charge on any atom is 0.253 e. The highest BCUT2D eigenvalue weighted by molar-refractivity contribution is 6.01. The van der Waals surface area contributed by atoms with E-state index >= 15 is 0 Å². The van der Waals surface area contributed by atoms with Crippen LogP contribution in [0.2, 0.25) is 0 Å². The van der Waals surface area contributed by atoms with Gasteiger partial charge in [-0.15, -0.1) is 0 Å². The Morgan fingerprint density at radius 1 is 1.14 bits per heavy atom. The van der Waals surface area contributed by atoms with Gasteiger partial charge in [0.25, 0.3) is 5.91 Å². The maximum atomic E-state index is 12.9. The first-order valence-electron chi connectivity index (χ1n) is 10.4. The third-order valence-corrected chi connectivity index (χ3v) is 6.90. The fraction of sp³-hybridized carbons (Fsp3) is 0.333. The van der Waals surface area contributed by atoms with Crippen molar-refractivity contribution in [3.05, 3.63) is 58.9 Å². The van der Waals surface area contributed by atoms with E-state index in [2.05, 4.69) is 16.4 Å². The van der Waals surface area contributed by atoms with Crippen LogP contribution < -0.4 is 10.1 Å². The lowest BCUT2D eigenvalue weighted by atomic mass is 9.71. The molecule has 1 aliphatic heterocycles. The van der Waals surface area contributed by atoms with E-state index in [-0.39, 0.29) is 11.4 Å². The first-order valence-corrected chi connectivity index (χ1v) is 10.4. The molecule has 6 rings (SSSR count). The van der Waals surface area contributed by atoms with Crippen molar-refractivity contribution >= 4 is 5.91 Å². The van der Waals surface area contributed by atoms with Crippen LogP contribution in [0, 0.1) is 0 Å². The Balaban J connectivity index is 1.44. The summed E-state index contributed by atoms with van der Waals surface area (Å²) in [5.74, 6) is 0.943. The number of nitrogens with one attached hydrogen (secondary N) is 2. The fourth-order valence-corrected chi connectivity index (χ4v) is 5.17. The van der Waals surface area contributed by atoms with Crippen molar-refractivity contribution in [1.82, 2.24) is 15.3 Å². The van der Waals surface area contributed by atoms with Gasteiger partial charge in [-0.2, -0.15) is 0 Å². The normalized spacial score (nSPS) is 18.3. The summed E-state index contributed by atoms with van der Waals surface area (Å²) in [5, 5.41) is 3.31. The van der Waals surface area contributed by atoms with E-state index in [4.69, 9.17) is 9.72 Å². The molecule has 3 aliphatic rings. The van der Waals surface area contributed by atoms with Crippen LogP contribution >= 0.6 is 0 Å². The van der Waals surface area contributed by atoms with E-state index in [1.807, 2.05) is 30.5 Å². The average Bonchev–Trinajstić information content (AvgIpc) is 3.11. The number of pyridine rings is 1. The summed E-state index contributed by atoms with van der Waals surface area (Å²) in [4.78, 5) is 21.3. The molecule has 0 saturated heterocycles. The molecule has 29 heavy (non-hydrogen) atoms. The second-order valence-corrected chi connectivity index (χ2v) is 8.55. The van der Waals surface area contributed by atoms with Crippen molar-refractivity contribution in [2.45, 2.75) is 44.1 Å². The maximum absolute atomic E-state index is 12.9. The summed E-state index contributed by atoms with van der Waals surface area (Å²) in [6, 6.07) is 10.1. The van der Waals surface area contributed by atoms with Crippen LogP contribution in [-0.4, -0.2) is 28.5 Å². The molecule has 2 N–H and O–H groups in total. The number of carbonyl (C=O) groups is 1. The molecule has 5 heteroatoms. The molecule has 2 aromatic heterocycles. The van der Waals surface area contributed by atoms with Gasteiger partial charge in [-0.05, 0) is 73.6 Å². The van der Waals surface area contributed by atoms with Gasteiger partial charge in [0, 0.05) is 35.0 Å². The standard InChI is InChI=1S/C24H23N3O2/c1-29-16-6-3-14(4-7-16)19-11-18-15(13-25-19)5-8-17-21-20(26-22(17)18)12-24(9-2-10-24)27-23(21)28/h3-4,6-7,11,13,26H,2,5,8-10,12H2,1H3,(H,27,28). The molecule has 1 fully saturated rings. The van der Waals surface area contributed by atoms with Gasteiger partial charge in [-0.1, -0.05) is 0 Å². The molecule has 5 nitrogen and oxygen atoms in total. The lowest BCUT2D eigenvalue weighted by Crippen LogP contribution is -2.57. The minimum absolute atomic E-state index is 0.00708. The smallest absolute Gasteiger partial charge is 0.253 e. The van der Waals surface area contributed by atoms with Crippen molar-refractivity contribution in [3.63, 3.8) is 0 Å². The van der Waals surface area contributed by atoms with Crippen LogP contribution in [0.1, 0.15) is 46.4 Å². The predicted molar refractivity (Wildman–Crippen MR) is 111 cm³/mol. The molecule has 0 atom stereocenters. The quantitative estimate of drug-likeness (QED) is 0.699. The highest BCUT2D eigenvalue weighted by atomic mass is 16.5. The molecule has 2 aliphatic carbocycles. The van der Waals surface area contributed by atoms with E-state index in [1.54, 1.807) is 7.11 Å². The Morgan fingerprint density at radius 3 is 2.69 bits per heavy atom. The molecule has 1 spiro atoms. The van der Waals surface area contributed by atoms with Crippen LogP contribution in [0.15, 0.2) is 36.5 Å². The minimum atomic E-state index is -0.00708. The van der Waals surface area contributed by atoms with Gasteiger partial charge in [0.15, 0.2) is 0 Å². The SMILES string of the molecule is COc1ccc(-c2cc3c(cn2)CCc2c-3[nH]c3c2C(=O)NC2(CCC2)C3)cc1. The van der Waals surface area contributed by atoms with Gasteiger partial charge in [0.2, 0.25) is 0 Å². The molecule has 0 bridgehead atoms. The van der Waals surface area contributed by atoms with Crippen molar-refractivity contribution < 1.29 is 9.53 Å². The molecule has 3 aromatic rings. The van der Waals surface area contributed by atoms with Crippen LogP contribution in [-0.2, 0) is 19.3 Å². The van der Waals surface area contributed by atoms with Gasteiger partial charge >= 0.3 is 0 Å². The van der Waals surface area contributed by atoms with E-state index in [0.29, 0.717) is 0 Å². The summed E-state index contributed by atoms with van der Waals surface area (Å²) < 4.78 is 5.27. The topological polar surface area (TPSA) is 67.0 Å². The highest BCUT2D eigenvalue weighted by Crippen LogP contribution is 2.43. The number of ether oxygens (including phenoxy) is 1. The zero-order valence-corrected chi connectivity index (χ0v) is 16.5. The summed E-state index contributed by atoms with van der Waals surface area (Å²) in [6.07, 6.45) is 8.10. The van der Waals surface area contributed by atoms with E-state index in [0.717, 1.165) is 66.1 Å². The molecular formula is C24H23N3O2. The largest absolute Gasteiger partial charge is 0.497 e. The van der Waals surface area contributed by atoms with Crippen LogP contribution in [0.25, 0.3) is 22.5 Å². The van der Waals surface area contributed by atoms with Gasteiger partial charge < -0.3 is 15.0 Å². The zero-order chi connectivity index (χ0) is 19.6.